The molecule has 0 atom stereocenters. The fraction of sp³-hybridized carbons (Fsp3) is 0. The molecule has 0 aliphatic heterocycles. The van der Waals surface area contributed by atoms with Crippen molar-refractivity contribution in [1.29, 1.82) is 0 Å². The number of rotatable bonds is 4. The molecule has 0 aliphatic carbocycles. The lowest BCUT2D eigenvalue weighted by molar-refractivity contribution is 0.668. The molecule has 0 unspecified atom stereocenters. The van der Waals surface area contributed by atoms with Crippen LogP contribution < -0.4 is 4.90 Å². The predicted octanol–water partition coefficient (Wildman–Crippen LogP) is 13.2. The van der Waals surface area contributed by atoms with E-state index in [1.807, 2.05) is 24.3 Å². The average Bonchev–Trinajstić information content (AvgIpc) is 3.85. The number of nitrogens with zero attached hydrogens (tertiary/aromatic N) is 2. The zero-order chi connectivity index (χ0) is 32.8. The lowest BCUT2D eigenvalue weighted by Crippen LogP contribution is -2.11. The number of hydrogen-bond acceptors (Lipinski definition) is 3. The summed E-state index contributed by atoms with van der Waals surface area (Å²) in [5.74, 6) is 0. The minimum Gasteiger partial charge on any atom is -0.456 e. The van der Waals surface area contributed by atoms with E-state index >= 15 is 0 Å². The Labute approximate surface area is 286 Å². The van der Waals surface area contributed by atoms with Gasteiger partial charge >= 0.3 is 0 Å². The van der Waals surface area contributed by atoms with Gasteiger partial charge in [-0.05, 0) is 83.6 Å². The molecule has 0 aliphatic rings. The van der Waals surface area contributed by atoms with Crippen LogP contribution in [0.3, 0.4) is 0 Å². The number of anilines is 3. The van der Waals surface area contributed by atoms with Crippen molar-refractivity contribution >= 4 is 93.5 Å². The van der Waals surface area contributed by atoms with E-state index in [4.69, 9.17) is 8.83 Å². The Balaban J connectivity index is 1.24. The maximum atomic E-state index is 6.28. The number of para-hydroxylation sites is 5. The summed E-state index contributed by atoms with van der Waals surface area (Å²) in [6, 6.07) is 60.2. The molecule has 50 heavy (non-hydrogen) atoms. The summed E-state index contributed by atoms with van der Waals surface area (Å²) in [6.45, 7) is 0. The van der Waals surface area contributed by atoms with Crippen molar-refractivity contribution in [2.45, 2.75) is 0 Å². The van der Waals surface area contributed by atoms with E-state index < -0.39 is 0 Å². The number of fused-ring (bicyclic) bond motifs is 11. The largest absolute Gasteiger partial charge is 0.456 e. The fourth-order valence-electron chi connectivity index (χ4n) is 7.99. The summed E-state index contributed by atoms with van der Waals surface area (Å²) >= 11 is 0. The lowest BCUT2D eigenvalue weighted by atomic mass is 10.0. The number of aromatic nitrogens is 1. The van der Waals surface area contributed by atoms with Crippen molar-refractivity contribution in [1.82, 2.24) is 4.57 Å². The van der Waals surface area contributed by atoms with Crippen LogP contribution in [-0.4, -0.2) is 4.57 Å². The van der Waals surface area contributed by atoms with Crippen LogP contribution in [0.25, 0.3) is 82.1 Å². The molecule has 3 heterocycles. The molecule has 8 aromatic carbocycles. The minimum absolute atomic E-state index is 0.874. The predicted molar refractivity (Wildman–Crippen MR) is 208 cm³/mol. The second-order valence-corrected chi connectivity index (χ2v) is 12.9. The van der Waals surface area contributed by atoms with Gasteiger partial charge in [0.2, 0.25) is 0 Å². The van der Waals surface area contributed by atoms with Gasteiger partial charge in [0.05, 0.1) is 16.7 Å². The van der Waals surface area contributed by atoms with Crippen LogP contribution >= 0.6 is 0 Å². The molecule has 4 heteroatoms. The SMILES string of the molecule is c1ccc(-n2c3ccccc3c3cccc(N(c4ccc5c(ccc6oc7ccccc7c65)c4)c4ccc5oc6ccccc6c5c4)c32)cc1. The highest BCUT2D eigenvalue weighted by Crippen LogP contribution is 2.46. The average molecular weight is 641 g/mol. The summed E-state index contributed by atoms with van der Waals surface area (Å²) < 4.78 is 14.9. The van der Waals surface area contributed by atoms with Crippen molar-refractivity contribution in [3.05, 3.63) is 170 Å². The molecule has 0 radical (unpaired) electrons. The first kappa shape index (κ1) is 27.2. The molecule has 3 aromatic heterocycles. The molecule has 0 fully saturated rings. The molecule has 4 nitrogen and oxygen atoms in total. The van der Waals surface area contributed by atoms with Gasteiger partial charge in [-0.2, -0.15) is 0 Å². The Bertz CT molecular complexity index is 3110. The lowest BCUT2D eigenvalue weighted by Gasteiger charge is -2.27. The molecule has 11 rings (SSSR count). The Kier molecular flexibility index (Phi) is 5.63. The highest BCUT2D eigenvalue weighted by Gasteiger charge is 2.23. The van der Waals surface area contributed by atoms with Crippen LogP contribution in [0.4, 0.5) is 17.1 Å². The van der Waals surface area contributed by atoms with Crippen LogP contribution in [0, 0.1) is 0 Å². The quantitative estimate of drug-likeness (QED) is 0.192. The molecule has 0 saturated heterocycles. The third kappa shape index (κ3) is 3.87. The molecule has 0 spiro atoms. The second kappa shape index (κ2) is 10.4. The Morgan fingerprint density at radius 2 is 1.04 bits per heavy atom. The van der Waals surface area contributed by atoms with Gasteiger partial charge in [0.15, 0.2) is 0 Å². The maximum absolute atomic E-state index is 6.28. The summed E-state index contributed by atoms with van der Waals surface area (Å²) in [4.78, 5) is 2.40. The molecule has 0 bridgehead atoms. The van der Waals surface area contributed by atoms with Gasteiger partial charge < -0.3 is 18.3 Å². The molecule has 0 amide bonds. The molecular formula is C46H28N2O2. The molecular weight excluding hydrogens is 613 g/mol. The maximum Gasteiger partial charge on any atom is 0.136 e. The van der Waals surface area contributed by atoms with Crippen molar-refractivity contribution in [3.8, 4) is 5.69 Å². The van der Waals surface area contributed by atoms with E-state index in [1.54, 1.807) is 0 Å². The molecule has 11 aromatic rings. The van der Waals surface area contributed by atoms with Crippen LogP contribution in [0.15, 0.2) is 179 Å². The number of benzene rings is 8. The van der Waals surface area contributed by atoms with E-state index in [2.05, 4.69) is 155 Å². The van der Waals surface area contributed by atoms with E-state index in [9.17, 15) is 0 Å². The zero-order valence-electron chi connectivity index (χ0n) is 26.9. The first-order valence-electron chi connectivity index (χ1n) is 16.9. The third-order valence-corrected chi connectivity index (χ3v) is 10.1. The normalized spacial score (nSPS) is 12.0. The van der Waals surface area contributed by atoms with E-state index in [1.165, 1.54) is 21.7 Å². The van der Waals surface area contributed by atoms with Crippen LogP contribution in [0.1, 0.15) is 0 Å². The van der Waals surface area contributed by atoms with Crippen LogP contribution in [0.2, 0.25) is 0 Å². The van der Waals surface area contributed by atoms with Gasteiger partial charge in [-0.25, -0.2) is 0 Å². The monoisotopic (exact) mass is 640 g/mol. The van der Waals surface area contributed by atoms with Gasteiger partial charge in [-0.1, -0.05) is 97.1 Å². The second-order valence-electron chi connectivity index (χ2n) is 12.9. The van der Waals surface area contributed by atoms with Gasteiger partial charge in [0, 0.05) is 49.4 Å². The summed E-state index contributed by atoms with van der Waals surface area (Å²) in [5, 5.41) is 9.22. The van der Waals surface area contributed by atoms with E-state index in [-0.39, 0.29) is 0 Å². The topological polar surface area (TPSA) is 34.5 Å². The van der Waals surface area contributed by atoms with Crippen molar-refractivity contribution in [2.24, 2.45) is 0 Å². The Hall–Kier alpha value is -6.78. The standard InChI is InChI=1S/C46H28N2O2/c1-2-11-30(12-3-1)48-39-17-7-4-13-34(39)36-16-10-18-40(46(36)48)47(32-23-26-43-38(28-32)35-14-5-8-19-41(35)49-43)31-22-24-33-29(27-31)21-25-44-45(33)37-15-6-9-20-42(37)50-44/h1-28H. The first-order valence-corrected chi connectivity index (χ1v) is 16.9. The summed E-state index contributed by atoms with van der Waals surface area (Å²) in [6.07, 6.45) is 0. The van der Waals surface area contributed by atoms with E-state index in [0.717, 1.165) is 77.5 Å². The van der Waals surface area contributed by atoms with Crippen LogP contribution in [-0.2, 0) is 0 Å². The molecule has 0 saturated carbocycles. The van der Waals surface area contributed by atoms with Crippen LogP contribution in [0.5, 0.6) is 0 Å². The molecule has 0 N–H and O–H groups in total. The number of furan rings is 2. The zero-order valence-corrected chi connectivity index (χ0v) is 26.9. The van der Waals surface area contributed by atoms with Gasteiger partial charge in [0.1, 0.15) is 22.3 Å². The smallest absolute Gasteiger partial charge is 0.136 e. The summed E-state index contributed by atoms with van der Waals surface area (Å²) in [5.41, 5.74) is 10.2. The number of hydrogen-bond donors (Lipinski definition) is 0. The van der Waals surface area contributed by atoms with Gasteiger partial charge in [0.25, 0.3) is 0 Å². The Morgan fingerprint density at radius 1 is 0.400 bits per heavy atom. The molecule has 234 valence electrons. The van der Waals surface area contributed by atoms with Crippen molar-refractivity contribution in [2.75, 3.05) is 4.90 Å². The Morgan fingerprint density at radius 3 is 1.92 bits per heavy atom. The van der Waals surface area contributed by atoms with E-state index in [0.29, 0.717) is 0 Å². The van der Waals surface area contributed by atoms with Gasteiger partial charge in [-0.15, -0.1) is 0 Å². The van der Waals surface area contributed by atoms with Crippen molar-refractivity contribution < 1.29 is 8.83 Å². The van der Waals surface area contributed by atoms with Gasteiger partial charge in [-0.3, -0.25) is 0 Å². The fourth-order valence-corrected chi connectivity index (χ4v) is 7.99. The highest BCUT2D eigenvalue weighted by molar-refractivity contribution is 6.20. The third-order valence-electron chi connectivity index (χ3n) is 10.1. The van der Waals surface area contributed by atoms with Crippen molar-refractivity contribution in [3.63, 3.8) is 0 Å². The minimum atomic E-state index is 0.874. The first-order chi connectivity index (χ1) is 24.8. The summed E-state index contributed by atoms with van der Waals surface area (Å²) in [7, 11) is 0. The highest BCUT2D eigenvalue weighted by atomic mass is 16.3.